The zero-order valence-corrected chi connectivity index (χ0v) is 18.1. The number of piperidine rings is 1. The maximum atomic E-state index is 12.9. The van der Waals surface area contributed by atoms with Crippen LogP contribution in [0.4, 0.5) is 0 Å². The van der Waals surface area contributed by atoms with Crippen LogP contribution in [0.3, 0.4) is 0 Å². The van der Waals surface area contributed by atoms with Crippen molar-refractivity contribution in [3.05, 3.63) is 46.1 Å². The van der Waals surface area contributed by atoms with Crippen molar-refractivity contribution in [3.63, 3.8) is 0 Å². The van der Waals surface area contributed by atoms with E-state index in [9.17, 15) is 9.59 Å². The van der Waals surface area contributed by atoms with Gasteiger partial charge < -0.3 is 10.7 Å². The Balaban J connectivity index is 1.57. The third-order valence-corrected chi connectivity index (χ3v) is 7.05. The Hall–Kier alpha value is -2.32. The Morgan fingerprint density at radius 3 is 2.62 bits per heavy atom. The van der Waals surface area contributed by atoms with Crippen LogP contribution >= 0.6 is 23.1 Å². The van der Waals surface area contributed by atoms with E-state index in [0.29, 0.717) is 27.2 Å². The summed E-state index contributed by atoms with van der Waals surface area (Å²) >= 11 is 2.65. The molecule has 1 aliphatic rings. The van der Waals surface area contributed by atoms with Gasteiger partial charge in [0.15, 0.2) is 5.16 Å². The lowest BCUT2D eigenvalue weighted by molar-refractivity contribution is -0.130. The summed E-state index contributed by atoms with van der Waals surface area (Å²) < 4.78 is 1.07. The summed E-state index contributed by atoms with van der Waals surface area (Å²) in [5, 5.41) is 2.83. The number of benzene rings is 1. The van der Waals surface area contributed by atoms with E-state index in [1.807, 2.05) is 40.6 Å². The monoisotopic (exact) mass is 428 g/mol. The number of amides is 1. The van der Waals surface area contributed by atoms with E-state index >= 15 is 0 Å². The van der Waals surface area contributed by atoms with E-state index in [1.165, 1.54) is 23.1 Å². The van der Waals surface area contributed by atoms with Crippen molar-refractivity contribution in [1.29, 1.82) is 0 Å². The smallest absolute Gasteiger partial charge is 0.282 e. The molecule has 2 N–H and O–H groups in total. The summed E-state index contributed by atoms with van der Waals surface area (Å²) in [4.78, 5) is 32.7. The van der Waals surface area contributed by atoms with Crippen LogP contribution in [-0.4, -0.2) is 39.3 Å². The van der Waals surface area contributed by atoms with Gasteiger partial charge in [0.25, 0.3) is 5.56 Å². The molecule has 3 aromatic rings. The molecule has 0 bridgehead atoms. The fourth-order valence-corrected chi connectivity index (χ4v) is 5.81. The lowest BCUT2D eigenvalue weighted by atomic mass is 9.92. The number of nitrogens with zero attached hydrogens (tertiary/aromatic N) is 3. The number of nitrogen functional groups attached to an aromatic ring is 1. The fraction of sp³-hybridized carbons (Fsp3) is 0.381. The maximum absolute atomic E-state index is 12.9. The van der Waals surface area contributed by atoms with Crippen LogP contribution in [0, 0.1) is 11.8 Å². The van der Waals surface area contributed by atoms with Gasteiger partial charge in [0.1, 0.15) is 4.83 Å². The van der Waals surface area contributed by atoms with Crippen molar-refractivity contribution in [1.82, 2.24) is 14.6 Å². The number of hydrogen-bond donors (Lipinski definition) is 1. The summed E-state index contributed by atoms with van der Waals surface area (Å²) in [5.74, 6) is 7.38. The van der Waals surface area contributed by atoms with Gasteiger partial charge in [0.2, 0.25) is 5.91 Å². The Bertz CT molecular complexity index is 1080. The van der Waals surface area contributed by atoms with Crippen molar-refractivity contribution in [3.8, 4) is 11.1 Å². The van der Waals surface area contributed by atoms with E-state index in [0.717, 1.165) is 35.3 Å². The normalized spacial score (nSPS) is 19.6. The topological polar surface area (TPSA) is 81.2 Å². The van der Waals surface area contributed by atoms with Crippen molar-refractivity contribution < 1.29 is 4.79 Å². The van der Waals surface area contributed by atoms with Crippen LogP contribution in [0.15, 0.2) is 45.7 Å². The predicted octanol–water partition coefficient (Wildman–Crippen LogP) is 3.44. The van der Waals surface area contributed by atoms with Gasteiger partial charge in [-0.2, -0.15) is 0 Å². The summed E-state index contributed by atoms with van der Waals surface area (Å²) in [6.45, 7) is 5.93. The lowest BCUT2D eigenvalue weighted by Gasteiger charge is -2.35. The highest BCUT2D eigenvalue weighted by molar-refractivity contribution is 7.99. The number of hydrogen-bond acceptors (Lipinski definition) is 6. The molecule has 1 fully saturated rings. The molecule has 1 aliphatic heterocycles. The van der Waals surface area contributed by atoms with Gasteiger partial charge >= 0.3 is 0 Å². The minimum Gasteiger partial charge on any atom is -0.341 e. The molecule has 1 aromatic carbocycles. The number of thioether (sulfide) groups is 1. The second-order valence-electron chi connectivity index (χ2n) is 7.80. The molecule has 8 heteroatoms. The van der Waals surface area contributed by atoms with Crippen molar-refractivity contribution in [2.75, 3.05) is 24.7 Å². The molecule has 1 amide bonds. The quantitative estimate of drug-likeness (QED) is 0.391. The highest BCUT2D eigenvalue weighted by Crippen LogP contribution is 2.32. The summed E-state index contributed by atoms with van der Waals surface area (Å²) in [6, 6.07) is 9.73. The maximum Gasteiger partial charge on any atom is 0.282 e. The number of aromatic nitrogens is 2. The summed E-state index contributed by atoms with van der Waals surface area (Å²) in [5.41, 5.74) is 1.51. The molecule has 152 valence electrons. The first-order valence-electron chi connectivity index (χ1n) is 9.69. The first kappa shape index (κ1) is 20.0. The van der Waals surface area contributed by atoms with Crippen LogP contribution < -0.4 is 11.4 Å². The van der Waals surface area contributed by atoms with E-state index in [2.05, 4.69) is 18.8 Å². The van der Waals surface area contributed by atoms with Crippen LogP contribution in [0.1, 0.15) is 20.3 Å². The Labute approximate surface area is 177 Å². The number of rotatable bonds is 4. The molecule has 0 spiro atoms. The first-order chi connectivity index (χ1) is 13.9. The molecule has 1 saturated heterocycles. The van der Waals surface area contributed by atoms with Gasteiger partial charge in [-0.15, -0.1) is 11.3 Å². The van der Waals surface area contributed by atoms with Gasteiger partial charge in [0, 0.05) is 24.0 Å². The number of carbonyl (C=O) groups is 1. The molecular formula is C21H24N4O2S2. The summed E-state index contributed by atoms with van der Waals surface area (Å²) in [7, 11) is 0. The van der Waals surface area contributed by atoms with Crippen molar-refractivity contribution >= 4 is 39.2 Å². The Kier molecular flexibility index (Phi) is 5.65. The van der Waals surface area contributed by atoms with Gasteiger partial charge in [0.05, 0.1) is 11.1 Å². The average Bonchev–Trinajstić information content (AvgIpc) is 3.13. The van der Waals surface area contributed by atoms with Crippen LogP contribution in [-0.2, 0) is 4.79 Å². The molecule has 0 aliphatic carbocycles. The number of thiophene rings is 1. The van der Waals surface area contributed by atoms with E-state index in [1.54, 1.807) is 0 Å². The molecule has 29 heavy (non-hydrogen) atoms. The third kappa shape index (κ3) is 4.04. The van der Waals surface area contributed by atoms with Gasteiger partial charge in [-0.05, 0) is 23.8 Å². The second-order valence-corrected chi connectivity index (χ2v) is 9.60. The average molecular weight is 429 g/mol. The molecule has 2 aromatic heterocycles. The standard InChI is InChI=1S/C21H24N4O2S2/c1-13-8-14(2)10-24(9-13)17(26)12-29-21-23-19-18(20(27)25(21)22)16(11-28-19)15-6-4-3-5-7-15/h3-7,11,13-14H,8-10,12,22H2,1-2H3. The van der Waals surface area contributed by atoms with Gasteiger partial charge in [-0.3, -0.25) is 9.59 Å². The molecule has 6 nitrogen and oxygen atoms in total. The molecule has 3 heterocycles. The Morgan fingerprint density at radius 2 is 1.93 bits per heavy atom. The van der Waals surface area contributed by atoms with Crippen LogP contribution in [0.5, 0.6) is 0 Å². The van der Waals surface area contributed by atoms with Crippen LogP contribution in [0.25, 0.3) is 21.3 Å². The number of nitrogens with two attached hydrogens (primary N) is 1. The van der Waals surface area contributed by atoms with Crippen LogP contribution in [0.2, 0.25) is 0 Å². The zero-order chi connectivity index (χ0) is 20.5. The number of likely N-dealkylation sites (tertiary alicyclic amines) is 1. The molecule has 0 radical (unpaired) electrons. The molecule has 4 rings (SSSR count). The predicted molar refractivity (Wildman–Crippen MR) is 120 cm³/mol. The van der Waals surface area contributed by atoms with E-state index < -0.39 is 0 Å². The summed E-state index contributed by atoms with van der Waals surface area (Å²) in [6.07, 6.45) is 1.15. The highest BCUT2D eigenvalue weighted by atomic mass is 32.2. The minimum absolute atomic E-state index is 0.0684. The number of fused-ring (bicyclic) bond motifs is 1. The van der Waals surface area contributed by atoms with Crippen molar-refractivity contribution in [2.45, 2.75) is 25.4 Å². The van der Waals surface area contributed by atoms with E-state index in [-0.39, 0.29) is 17.2 Å². The lowest BCUT2D eigenvalue weighted by Crippen LogP contribution is -2.43. The third-order valence-electron chi connectivity index (χ3n) is 5.24. The van der Waals surface area contributed by atoms with Gasteiger partial charge in [-0.25, -0.2) is 9.66 Å². The first-order valence-corrected chi connectivity index (χ1v) is 11.6. The molecular weight excluding hydrogens is 404 g/mol. The van der Waals surface area contributed by atoms with Crippen molar-refractivity contribution in [2.24, 2.45) is 11.8 Å². The highest BCUT2D eigenvalue weighted by Gasteiger charge is 2.26. The Morgan fingerprint density at radius 1 is 1.24 bits per heavy atom. The molecule has 2 unspecified atom stereocenters. The van der Waals surface area contributed by atoms with E-state index in [4.69, 9.17) is 5.84 Å². The number of carbonyl (C=O) groups excluding carboxylic acids is 1. The van der Waals surface area contributed by atoms with Gasteiger partial charge in [-0.1, -0.05) is 55.9 Å². The largest absolute Gasteiger partial charge is 0.341 e. The fourth-order valence-electron chi connectivity index (χ4n) is 4.00. The zero-order valence-electron chi connectivity index (χ0n) is 16.5. The minimum atomic E-state index is -0.287. The molecule has 2 atom stereocenters. The molecule has 0 saturated carbocycles. The second kappa shape index (κ2) is 8.20. The SMILES string of the molecule is CC1CC(C)CN(C(=O)CSc2nc3scc(-c4ccccc4)c3c(=O)n2N)C1.